The number of hydrogen-bond donors (Lipinski definition) is 2. The maximum Gasteiger partial charge on any atom is 0.139 e. The number of hydrogen-bond acceptors (Lipinski definition) is 4. The quantitative estimate of drug-likeness (QED) is 0.841. The molecule has 0 amide bonds. The smallest absolute Gasteiger partial charge is 0.139 e. The van der Waals surface area contributed by atoms with Gasteiger partial charge in [-0.05, 0) is 48.3 Å². The molecular weight excluding hydrogens is 294 g/mol. The molecule has 0 fully saturated rings. The lowest BCUT2D eigenvalue weighted by atomic mass is 9.78. The second-order valence-electron chi connectivity index (χ2n) is 4.61. The van der Waals surface area contributed by atoms with E-state index in [9.17, 15) is 10.1 Å². The molecule has 0 radical (unpaired) electrons. The zero-order valence-corrected chi connectivity index (χ0v) is 12.5. The van der Waals surface area contributed by atoms with Crippen molar-refractivity contribution in [1.29, 1.82) is 5.26 Å². The van der Waals surface area contributed by atoms with Crippen LogP contribution in [0.2, 0.25) is 0 Å². The summed E-state index contributed by atoms with van der Waals surface area (Å²) in [5, 5.41) is 12.2. The Morgan fingerprint density at radius 1 is 1.56 bits per heavy atom. The van der Waals surface area contributed by atoms with Gasteiger partial charge in [-0.1, -0.05) is 0 Å². The average Bonchev–Trinajstić information content (AvgIpc) is 2.31. The van der Waals surface area contributed by atoms with E-state index in [0.717, 1.165) is 0 Å². The molecule has 0 unspecified atom stereocenters. The van der Waals surface area contributed by atoms with Crippen LogP contribution in [-0.4, -0.2) is 12.8 Å². The van der Waals surface area contributed by atoms with Crippen molar-refractivity contribution in [1.82, 2.24) is 0 Å². The molecule has 0 heterocycles. The number of carbonyl (C=O) groups excluding carboxylic acids is 1. The van der Waals surface area contributed by atoms with Crippen LogP contribution in [0.3, 0.4) is 0 Å². The molecule has 0 aliphatic rings. The zero-order valence-electron chi connectivity index (χ0n) is 10.9. The van der Waals surface area contributed by atoms with Gasteiger partial charge >= 0.3 is 0 Å². The van der Waals surface area contributed by atoms with Gasteiger partial charge in [0.2, 0.25) is 0 Å². The number of Topliss-reactive ketones (excluding diaryl/α,β-unsaturated/α-hetero) is 1. The highest BCUT2D eigenvalue weighted by Crippen LogP contribution is 2.39. The zero-order chi connectivity index (χ0) is 14.1. The summed E-state index contributed by atoms with van der Waals surface area (Å²) >= 11 is 3.36. The Kier molecular flexibility index (Phi) is 4.02. The standard InChI is InChI=1S/C13H16BrN3O/c1-7(18)13(2,3)9-5-10(14)11(16)12(17-4)8(9)6-15/h5,17H,16H2,1-4H3. The third-order valence-electron chi connectivity index (χ3n) is 3.23. The number of carbonyl (C=O) groups is 1. The Morgan fingerprint density at radius 3 is 2.50 bits per heavy atom. The minimum absolute atomic E-state index is 0.00211. The van der Waals surface area contributed by atoms with Crippen molar-refractivity contribution in [2.45, 2.75) is 26.2 Å². The van der Waals surface area contributed by atoms with E-state index in [1.54, 1.807) is 27.0 Å². The number of anilines is 2. The Labute approximate surface area is 115 Å². The van der Waals surface area contributed by atoms with E-state index in [0.29, 0.717) is 27.0 Å². The van der Waals surface area contributed by atoms with E-state index in [-0.39, 0.29) is 5.78 Å². The average molecular weight is 310 g/mol. The minimum atomic E-state index is -0.729. The SMILES string of the molecule is CNc1c(N)c(Br)cc(C(C)(C)C(C)=O)c1C#N. The molecule has 18 heavy (non-hydrogen) atoms. The summed E-state index contributed by atoms with van der Waals surface area (Å²) in [5.74, 6) is -0.00211. The van der Waals surface area contributed by atoms with Gasteiger partial charge in [-0.3, -0.25) is 4.79 Å². The van der Waals surface area contributed by atoms with Crippen molar-refractivity contribution in [2.75, 3.05) is 18.1 Å². The predicted molar refractivity (Wildman–Crippen MR) is 76.5 cm³/mol. The van der Waals surface area contributed by atoms with E-state index >= 15 is 0 Å². The molecule has 0 aliphatic heterocycles. The number of rotatable bonds is 3. The molecule has 1 aromatic carbocycles. The largest absolute Gasteiger partial charge is 0.396 e. The van der Waals surface area contributed by atoms with Gasteiger partial charge in [0, 0.05) is 16.9 Å². The van der Waals surface area contributed by atoms with E-state index in [1.807, 2.05) is 0 Å². The van der Waals surface area contributed by atoms with Gasteiger partial charge in [0.1, 0.15) is 11.9 Å². The summed E-state index contributed by atoms with van der Waals surface area (Å²) in [4.78, 5) is 11.8. The first-order chi connectivity index (χ1) is 8.27. The summed E-state index contributed by atoms with van der Waals surface area (Å²) in [7, 11) is 1.70. The van der Waals surface area contributed by atoms with Crippen molar-refractivity contribution < 1.29 is 4.79 Å². The Bertz CT molecular complexity index is 544. The number of benzene rings is 1. The number of nitrogens with zero attached hydrogens (tertiary/aromatic N) is 1. The van der Waals surface area contributed by atoms with E-state index in [2.05, 4.69) is 27.3 Å². The van der Waals surface area contributed by atoms with Crippen LogP contribution in [0.5, 0.6) is 0 Å². The molecule has 1 aromatic rings. The molecule has 96 valence electrons. The fourth-order valence-corrected chi connectivity index (χ4v) is 2.15. The molecule has 0 aromatic heterocycles. The first-order valence-corrected chi connectivity index (χ1v) is 6.28. The second kappa shape index (κ2) is 4.99. The molecule has 0 spiro atoms. The topological polar surface area (TPSA) is 78.9 Å². The number of halogens is 1. The maximum atomic E-state index is 11.8. The van der Waals surface area contributed by atoms with Crippen LogP contribution in [0.4, 0.5) is 11.4 Å². The number of nitriles is 1. The highest BCUT2D eigenvalue weighted by molar-refractivity contribution is 9.10. The lowest BCUT2D eigenvalue weighted by Crippen LogP contribution is -2.28. The number of nitrogens with two attached hydrogens (primary N) is 1. The predicted octanol–water partition coefficient (Wildman–Crippen LogP) is 2.81. The third kappa shape index (κ3) is 2.21. The highest BCUT2D eigenvalue weighted by atomic mass is 79.9. The van der Waals surface area contributed by atoms with Gasteiger partial charge in [0.05, 0.1) is 16.9 Å². The van der Waals surface area contributed by atoms with Gasteiger partial charge < -0.3 is 11.1 Å². The van der Waals surface area contributed by atoms with Crippen molar-refractivity contribution in [2.24, 2.45) is 0 Å². The van der Waals surface area contributed by atoms with Gasteiger partial charge in [0.15, 0.2) is 0 Å². The van der Waals surface area contributed by atoms with Gasteiger partial charge in [-0.2, -0.15) is 5.26 Å². The summed E-state index contributed by atoms with van der Waals surface area (Å²) in [6, 6.07) is 3.87. The normalized spacial score (nSPS) is 10.9. The Balaban J connectivity index is 3.71. The van der Waals surface area contributed by atoms with Crippen molar-refractivity contribution in [3.05, 3.63) is 21.7 Å². The second-order valence-corrected chi connectivity index (χ2v) is 5.47. The van der Waals surface area contributed by atoms with Crippen molar-refractivity contribution in [3.63, 3.8) is 0 Å². The first kappa shape index (κ1) is 14.5. The molecule has 5 heteroatoms. The number of nitrogens with one attached hydrogen (secondary N) is 1. The fraction of sp³-hybridized carbons (Fsp3) is 0.385. The van der Waals surface area contributed by atoms with Crippen LogP contribution in [0.25, 0.3) is 0 Å². The van der Waals surface area contributed by atoms with Gasteiger partial charge in [-0.25, -0.2) is 0 Å². The maximum absolute atomic E-state index is 11.8. The third-order valence-corrected chi connectivity index (χ3v) is 3.89. The molecule has 0 bridgehead atoms. The van der Waals surface area contributed by atoms with Gasteiger partial charge in [0.25, 0.3) is 0 Å². The molecule has 4 nitrogen and oxygen atoms in total. The van der Waals surface area contributed by atoms with Crippen molar-refractivity contribution in [3.8, 4) is 6.07 Å². The molecule has 0 aliphatic carbocycles. The minimum Gasteiger partial charge on any atom is -0.396 e. The van der Waals surface area contributed by atoms with Crippen LogP contribution >= 0.6 is 15.9 Å². The van der Waals surface area contributed by atoms with Crippen LogP contribution in [-0.2, 0) is 10.2 Å². The Hall–Kier alpha value is -1.54. The fourth-order valence-electron chi connectivity index (χ4n) is 1.72. The molecule has 0 saturated carbocycles. The monoisotopic (exact) mass is 309 g/mol. The van der Waals surface area contributed by atoms with Crippen LogP contribution in [0.15, 0.2) is 10.5 Å². The lowest BCUT2D eigenvalue weighted by Gasteiger charge is -2.25. The number of ketones is 1. The van der Waals surface area contributed by atoms with E-state index in [1.165, 1.54) is 6.92 Å². The van der Waals surface area contributed by atoms with Crippen LogP contribution in [0, 0.1) is 11.3 Å². The van der Waals surface area contributed by atoms with Crippen molar-refractivity contribution >= 4 is 33.1 Å². The summed E-state index contributed by atoms with van der Waals surface area (Å²) in [5.41, 5.74) is 7.29. The summed E-state index contributed by atoms with van der Waals surface area (Å²) in [6.45, 7) is 5.12. The molecule has 0 saturated heterocycles. The van der Waals surface area contributed by atoms with E-state index in [4.69, 9.17) is 5.73 Å². The van der Waals surface area contributed by atoms with E-state index < -0.39 is 5.41 Å². The molecule has 1 rings (SSSR count). The lowest BCUT2D eigenvalue weighted by molar-refractivity contribution is -0.121. The van der Waals surface area contributed by atoms with Crippen LogP contribution in [0.1, 0.15) is 31.9 Å². The summed E-state index contributed by atoms with van der Waals surface area (Å²) in [6.07, 6.45) is 0. The first-order valence-electron chi connectivity index (χ1n) is 5.48. The van der Waals surface area contributed by atoms with Gasteiger partial charge in [-0.15, -0.1) is 0 Å². The molecule has 0 atom stereocenters. The molecular formula is C13H16BrN3O. The number of nitrogen functional groups attached to an aromatic ring is 1. The summed E-state index contributed by atoms with van der Waals surface area (Å²) < 4.78 is 0.676. The Morgan fingerprint density at radius 2 is 2.11 bits per heavy atom. The molecule has 3 N–H and O–H groups in total. The highest BCUT2D eigenvalue weighted by Gasteiger charge is 2.31. The van der Waals surface area contributed by atoms with Crippen LogP contribution < -0.4 is 11.1 Å².